The van der Waals surface area contributed by atoms with E-state index in [1.807, 2.05) is 54.6 Å². The van der Waals surface area contributed by atoms with Crippen LogP contribution in [-0.2, 0) is 13.5 Å². The summed E-state index contributed by atoms with van der Waals surface area (Å²) in [6, 6.07) is 17.6. The van der Waals surface area contributed by atoms with Crippen LogP contribution in [0.2, 0.25) is 0 Å². The number of hydrogen-bond acceptors (Lipinski definition) is 2. The highest BCUT2D eigenvalue weighted by Gasteiger charge is 2.12. The lowest BCUT2D eigenvalue weighted by Gasteiger charge is -2.12. The average Bonchev–Trinajstić information content (AvgIpc) is 2.50. The first-order chi connectivity index (χ1) is 9.68. The summed E-state index contributed by atoms with van der Waals surface area (Å²) in [6.45, 7) is 0. The minimum atomic E-state index is -0.0231. The van der Waals surface area contributed by atoms with Crippen molar-refractivity contribution in [3.63, 3.8) is 0 Å². The predicted molar refractivity (Wildman–Crippen MR) is 82.8 cm³/mol. The molecule has 100 valence electrons. The van der Waals surface area contributed by atoms with E-state index in [9.17, 15) is 4.79 Å². The minimum Gasteiger partial charge on any atom is -0.398 e. The average molecular weight is 264 g/mol. The van der Waals surface area contributed by atoms with Gasteiger partial charge >= 0.3 is 0 Å². The third-order valence-electron chi connectivity index (χ3n) is 3.67. The maximum atomic E-state index is 12.5. The van der Waals surface area contributed by atoms with Crippen molar-refractivity contribution < 1.29 is 0 Å². The van der Waals surface area contributed by atoms with Crippen LogP contribution >= 0.6 is 0 Å². The van der Waals surface area contributed by atoms with Crippen molar-refractivity contribution >= 4 is 16.6 Å². The van der Waals surface area contributed by atoms with E-state index >= 15 is 0 Å². The zero-order chi connectivity index (χ0) is 14.1. The van der Waals surface area contributed by atoms with Crippen molar-refractivity contribution in [3.8, 4) is 0 Å². The summed E-state index contributed by atoms with van der Waals surface area (Å²) in [5.41, 5.74) is 9.41. The number of pyridine rings is 1. The standard InChI is InChI=1S/C17H16N2O/c1-19-15-10-6-5-9-13(15)16(18)14(17(19)20)11-12-7-3-2-4-8-12/h2-10H,11,18H2,1H3. The van der Waals surface area contributed by atoms with Crippen LogP contribution in [0.25, 0.3) is 10.9 Å². The number of nitrogens with two attached hydrogens (primary N) is 1. The number of anilines is 1. The van der Waals surface area contributed by atoms with Gasteiger partial charge in [-0.15, -0.1) is 0 Å². The number of rotatable bonds is 2. The normalized spacial score (nSPS) is 10.8. The van der Waals surface area contributed by atoms with E-state index in [0.29, 0.717) is 17.7 Å². The highest BCUT2D eigenvalue weighted by Crippen LogP contribution is 2.23. The molecule has 0 radical (unpaired) electrons. The molecular weight excluding hydrogens is 248 g/mol. The zero-order valence-corrected chi connectivity index (χ0v) is 11.3. The smallest absolute Gasteiger partial charge is 0.256 e. The van der Waals surface area contributed by atoms with Gasteiger partial charge in [0.1, 0.15) is 0 Å². The number of aryl methyl sites for hydroxylation is 1. The summed E-state index contributed by atoms with van der Waals surface area (Å²) >= 11 is 0. The van der Waals surface area contributed by atoms with Crippen molar-refractivity contribution in [2.45, 2.75) is 6.42 Å². The van der Waals surface area contributed by atoms with Gasteiger partial charge in [-0.25, -0.2) is 0 Å². The summed E-state index contributed by atoms with van der Waals surface area (Å²) in [7, 11) is 1.79. The second kappa shape index (κ2) is 4.85. The Morgan fingerprint density at radius 2 is 1.65 bits per heavy atom. The Bertz CT molecular complexity index is 820. The maximum absolute atomic E-state index is 12.5. The van der Waals surface area contributed by atoms with E-state index < -0.39 is 0 Å². The molecule has 3 rings (SSSR count). The van der Waals surface area contributed by atoms with Gasteiger partial charge in [-0.3, -0.25) is 4.79 Å². The summed E-state index contributed by atoms with van der Waals surface area (Å²) in [5, 5.41) is 0.931. The van der Waals surface area contributed by atoms with E-state index in [2.05, 4.69) is 0 Å². The molecule has 0 saturated carbocycles. The summed E-state index contributed by atoms with van der Waals surface area (Å²) in [6.07, 6.45) is 0.560. The molecule has 1 aromatic heterocycles. The van der Waals surface area contributed by atoms with Gasteiger partial charge in [0.25, 0.3) is 5.56 Å². The summed E-state index contributed by atoms with van der Waals surface area (Å²) < 4.78 is 1.67. The first kappa shape index (κ1) is 12.5. The molecule has 0 fully saturated rings. The van der Waals surface area contributed by atoms with E-state index in [-0.39, 0.29) is 5.56 Å². The second-order valence-electron chi connectivity index (χ2n) is 4.94. The molecule has 3 nitrogen and oxygen atoms in total. The third-order valence-corrected chi connectivity index (χ3v) is 3.67. The molecule has 0 aliphatic carbocycles. The van der Waals surface area contributed by atoms with E-state index in [1.165, 1.54) is 0 Å². The van der Waals surface area contributed by atoms with Crippen molar-refractivity contribution in [3.05, 3.63) is 76.1 Å². The molecule has 0 aliphatic heterocycles. The predicted octanol–water partition coefficient (Wildman–Crippen LogP) is 2.71. The molecule has 0 spiro atoms. The molecule has 20 heavy (non-hydrogen) atoms. The number of aromatic nitrogens is 1. The topological polar surface area (TPSA) is 48.0 Å². The lowest BCUT2D eigenvalue weighted by atomic mass is 10.0. The Hall–Kier alpha value is -2.55. The third kappa shape index (κ3) is 1.97. The van der Waals surface area contributed by atoms with Crippen LogP contribution in [0.5, 0.6) is 0 Å². The Morgan fingerprint density at radius 1 is 1.00 bits per heavy atom. The first-order valence-corrected chi connectivity index (χ1v) is 6.58. The summed E-state index contributed by atoms with van der Waals surface area (Å²) in [4.78, 5) is 12.5. The molecule has 1 heterocycles. The van der Waals surface area contributed by atoms with Crippen molar-refractivity contribution in [1.29, 1.82) is 0 Å². The van der Waals surface area contributed by atoms with Crippen LogP contribution in [0.15, 0.2) is 59.4 Å². The van der Waals surface area contributed by atoms with Gasteiger partial charge in [0.05, 0.1) is 5.52 Å². The number of hydrogen-bond donors (Lipinski definition) is 1. The molecule has 0 atom stereocenters. The molecule has 2 N–H and O–H groups in total. The number of para-hydroxylation sites is 1. The molecule has 0 amide bonds. The van der Waals surface area contributed by atoms with Crippen molar-refractivity contribution in [2.75, 3.05) is 5.73 Å². The van der Waals surface area contributed by atoms with Crippen LogP contribution in [0.3, 0.4) is 0 Å². The summed E-state index contributed by atoms with van der Waals surface area (Å²) in [5.74, 6) is 0. The van der Waals surface area contributed by atoms with E-state index in [1.54, 1.807) is 11.6 Å². The van der Waals surface area contributed by atoms with Gasteiger partial charge in [-0.1, -0.05) is 48.5 Å². The lowest BCUT2D eigenvalue weighted by Crippen LogP contribution is -2.23. The number of nitrogen functional groups attached to an aromatic ring is 1. The van der Waals surface area contributed by atoms with Gasteiger partial charge in [-0.05, 0) is 11.6 Å². The van der Waals surface area contributed by atoms with Gasteiger partial charge in [0.2, 0.25) is 0 Å². The lowest BCUT2D eigenvalue weighted by molar-refractivity contribution is 0.884. The highest BCUT2D eigenvalue weighted by atomic mass is 16.1. The van der Waals surface area contributed by atoms with Crippen LogP contribution < -0.4 is 11.3 Å². The molecule has 3 aromatic rings. The number of fused-ring (bicyclic) bond motifs is 1. The van der Waals surface area contributed by atoms with Crippen LogP contribution in [0.1, 0.15) is 11.1 Å². The second-order valence-corrected chi connectivity index (χ2v) is 4.94. The van der Waals surface area contributed by atoms with Crippen LogP contribution in [0, 0.1) is 0 Å². The van der Waals surface area contributed by atoms with Gasteiger partial charge in [-0.2, -0.15) is 0 Å². The Balaban J connectivity index is 2.23. The molecule has 0 unspecified atom stereocenters. The fraction of sp³-hybridized carbons (Fsp3) is 0.118. The molecule has 0 aliphatic rings. The molecule has 2 aromatic carbocycles. The molecule has 3 heteroatoms. The van der Waals surface area contributed by atoms with Crippen molar-refractivity contribution in [2.24, 2.45) is 7.05 Å². The van der Waals surface area contributed by atoms with Gasteiger partial charge < -0.3 is 10.3 Å². The van der Waals surface area contributed by atoms with Crippen LogP contribution in [0.4, 0.5) is 5.69 Å². The molecule has 0 bridgehead atoms. The van der Waals surface area contributed by atoms with Gasteiger partial charge in [0.15, 0.2) is 0 Å². The Kier molecular flexibility index (Phi) is 3.03. The molecule has 0 saturated heterocycles. The largest absolute Gasteiger partial charge is 0.398 e. The number of nitrogens with zero attached hydrogens (tertiary/aromatic N) is 1. The molecular formula is C17H16N2O. The fourth-order valence-corrected chi connectivity index (χ4v) is 2.55. The van der Waals surface area contributed by atoms with E-state index in [0.717, 1.165) is 16.5 Å². The van der Waals surface area contributed by atoms with Gasteiger partial charge in [0, 0.05) is 30.1 Å². The van der Waals surface area contributed by atoms with E-state index in [4.69, 9.17) is 5.73 Å². The maximum Gasteiger partial charge on any atom is 0.256 e. The van der Waals surface area contributed by atoms with Crippen LogP contribution in [-0.4, -0.2) is 4.57 Å². The zero-order valence-electron chi connectivity index (χ0n) is 11.3. The number of benzene rings is 2. The minimum absolute atomic E-state index is 0.0231. The first-order valence-electron chi connectivity index (χ1n) is 6.58. The SMILES string of the molecule is Cn1c(=O)c(Cc2ccccc2)c(N)c2ccccc21. The monoisotopic (exact) mass is 264 g/mol. The quantitative estimate of drug-likeness (QED) is 0.773. The van der Waals surface area contributed by atoms with Crippen molar-refractivity contribution in [1.82, 2.24) is 4.57 Å². The Morgan fingerprint density at radius 3 is 2.40 bits per heavy atom. The highest BCUT2D eigenvalue weighted by molar-refractivity contribution is 5.92. The fourth-order valence-electron chi connectivity index (χ4n) is 2.55. The Labute approximate surface area is 117 Å².